The maximum absolute atomic E-state index is 12.9. The molecule has 0 spiro atoms. The van der Waals surface area contributed by atoms with Crippen molar-refractivity contribution in [3.05, 3.63) is 54.0 Å². The summed E-state index contributed by atoms with van der Waals surface area (Å²) in [7, 11) is 0. The lowest BCUT2D eigenvalue weighted by Gasteiger charge is -2.04. The van der Waals surface area contributed by atoms with Gasteiger partial charge >= 0.3 is 0 Å². The molecule has 0 aliphatic carbocycles. The molecular weight excluding hydrogens is 257 g/mol. The number of benzene rings is 1. The van der Waals surface area contributed by atoms with Gasteiger partial charge in [-0.25, -0.2) is 4.39 Å². The number of aromatic nitrogens is 4. The standard InChI is InChI=1S/C14H12FN5/c1-9-8-13(16)20(19-9)14-7-6-12(17-18-14)10-2-4-11(15)5-3-10/h2-8H,16H2,1H3. The molecule has 0 atom stereocenters. The summed E-state index contributed by atoms with van der Waals surface area (Å²) in [5.74, 6) is 0.769. The van der Waals surface area contributed by atoms with E-state index in [-0.39, 0.29) is 5.82 Å². The summed E-state index contributed by atoms with van der Waals surface area (Å²) in [6, 6.07) is 11.4. The molecule has 100 valence electrons. The van der Waals surface area contributed by atoms with Crippen molar-refractivity contribution in [2.45, 2.75) is 6.92 Å². The van der Waals surface area contributed by atoms with Crippen LogP contribution in [0.5, 0.6) is 0 Å². The Kier molecular flexibility index (Phi) is 2.90. The first kappa shape index (κ1) is 12.3. The Morgan fingerprint density at radius 1 is 1.05 bits per heavy atom. The van der Waals surface area contributed by atoms with Gasteiger partial charge in [-0.3, -0.25) is 0 Å². The second-order valence-electron chi connectivity index (χ2n) is 4.41. The van der Waals surface area contributed by atoms with Crippen LogP contribution in [0.15, 0.2) is 42.5 Å². The fourth-order valence-corrected chi connectivity index (χ4v) is 1.92. The average Bonchev–Trinajstić information content (AvgIpc) is 2.79. The first-order chi connectivity index (χ1) is 9.63. The molecule has 1 aromatic carbocycles. The topological polar surface area (TPSA) is 69.6 Å². The predicted octanol–water partition coefficient (Wildman–Crippen LogP) is 2.36. The van der Waals surface area contributed by atoms with Crippen molar-refractivity contribution < 1.29 is 4.39 Å². The molecule has 0 amide bonds. The highest BCUT2D eigenvalue weighted by atomic mass is 19.1. The highest BCUT2D eigenvalue weighted by Crippen LogP contribution is 2.18. The van der Waals surface area contributed by atoms with Crippen LogP contribution in [0.2, 0.25) is 0 Å². The molecule has 0 aliphatic heterocycles. The van der Waals surface area contributed by atoms with Gasteiger partial charge in [-0.2, -0.15) is 9.78 Å². The van der Waals surface area contributed by atoms with E-state index < -0.39 is 0 Å². The zero-order valence-electron chi connectivity index (χ0n) is 10.8. The van der Waals surface area contributed by atoms with Gasteiger partial charge in [-0.15, -0.1) is 10.2 Å². The van der Waals surface area contributed by atoms with Crippen LogP contribution in [0.4, 0.5) is 10.2 Å². The number of nitrogens with zero attached hydrogens (tertiary/aromatic N) is 4. The molecule has 6 heteroatoms. The van der Waals surface area contributed by atoms with Crippen LogP contribution >= 0.6 is 0 Å². The molecule has 20 heavy (non-hydrogen) atoms. The fourth-order valence-electron chi connectivity index (χ4n) is 1.92. The highest BCUT2D eigenvalue weighted by Gasteiger charge is 2.07. The van der Waals surface area contributed by atoms with Crippen LogP contribution in [0.1, 0.15) is 5.69 Å². The fraction of sp³-hybridized carbons (Fsp3) is 0.0714. The van der Waals surface area contributed by atoms with Crippen molar-refractivity contribution in [3.63, 3.8) is 0 Å². The molecule has 2 aromatic heterocycles. The molecule has 0 saturated carbocycles. The van der Waals surface area contributed by atoms with Gasteiger partial charge in [0.05, 0.1) is 11.4 Å². The number of nitrogen functional groups attached to an aromatic ring is 1. The van der Waals surface area contributed by atoms with Gasteiger partial charge in [-0.05, 0) is 43.3 Å². The molecule has 0 bridgehead atoms. The predicted molar refractivity (Wildman–Crippen MR) is 73.7 cm³/mol. The Bertz CT molecular complexity index is 731. The molecule has 0 aliphatic rings. The number of rotatable bonds is 2. The van der Waals surface area contributed by atoms with E-state index in [0.29, 0.717) is 17.3 Å². The Labute approximate surface area is 114 Å². The van der Waals surface area contributed by atoms with E-state index in [1.54, 1.807) is 30.3 Å². The van der Waals surface area contributed by atoms with Gasteiger partial charge in [-0.1, -0.05) is 0 Å². The van der Waals surface area contributed by atoms with E-state index in [1.165, 1.54) is 16.8 Å². The van der Waals surface area contributed by atoms with Crippen LogP contribution in [0.25, 0.3) is 17.1 Å². The summed E-state index contributed by atoms with van der Waals surface area (Å²) in [6.07, 6.45) is 0. The Morgan fingerprint density at radius 3 is 2.35 bits per heavy atom. The Hall–Kier alpha value is -2.76. The van der Waals surface area contributed by atoms with Crippen molar-refractivity contribution >= 4 is 5.82 Å². The van der Waals surface area contributed by atoms with Crippen molar-refractivity contribution in [1.29, 1.82) is 0 Å². The van der Waals surface area contributed by atoms with Crippen LogP contribution < -0.4 is 5.73 Å². The summed E-state index contributed by atoms with van der Waals surface area (Å²) in [6.45, 7) is 1.85. The van der Waals surface area contributed by atoms with E-state index >= 15 is 0 Å². The minimum Gasteiger partial charge on any atom is -0.384 e. The third-order valence-electron chi connectivity index (χ3n) is 2.87. The van der Waals surface area contributed by atoms with Crippen molar-refractivity contribution in [2.75, 3.05) is 5.73 Å². The monoisotopic (exact) mass is 269 g/mol. The third-order valence-corrected chi connectivity index (χ3v) is 2.87. The van der Waals surface area contributed by atoms with E-state index in [4.69, 9.17) is 5.73 Å². The van der Waals surface area contributed by atoms with Crippen LogP contribution in [-0.4, -0.2) is 20.0 Å². The molecule has 3 aromatic rings. The largest absolute Gasteiger partial charge is 0.384 e. The second kappa shape index (κ2) is 4.73. The molecule has 0 unspecified atom stereocenters. The lowest BCUT2D eigenvalue weighted by atomic mass is 10.1. The summed E-state index contributed by atoms with van der Waals surface area (Å²) in [4.78, 5) is 0. The number of halogens is 1. The first-order valence-corrected chi connectivity index (χ1v) is 6.06. The third kappa shape index (κ3) is 2.23. The van der Waals surface area contributed by atoms with Gasteiger partial charge in [0.25, 0.3) is 0 Å². The number of nitrogens with two attached hydrogens (primary N) is 1. The number of anilines is 1. The smallest absolute Gasteiger partial charge is 0.178 e. The minimum atomic E-state index is -0.280. The molecule has 2 N–H and O–H groups in total. The average molecular weight is 269 g/mol. The molecule has 0 saturated heterocycles. The lowest BCUT2D eigenvalue weighted by Crippen LogP contribution is -2.05. The summed E-state index contributed by atoms with van der Waals surface area (Å²) < 4.78 is 14.4. The molecule has 5 nitrogen and oxygen atoms in total. The number of aryl methyl sites for hydroxylation is 1. The van der Waals surface area contributed by atoms with E-state index in [0.717, 1.165) is 11.3 Å². The van der Waals surface area contributed by atoms with Crippen molar-refractivity contribution in [1.82, 2.24) is 20.0 Å². The summed E-state index contributed by atoms with van der Waals surface area (Å²) >= 11 is 0. The zero-order chi connectivity index (χ0) is 14.1. The quantitative estimate of drug-likeness (QED) is 0.775. The number of hydrogen-bond donors (Lipinski definition) is 1. The SMILES string of the molecule is Cc1cc(N)n(-c2ccc(-c3ccc(F)cc3)nn2)n1. The van der Waals surface area contributed by atoms with Crippen molar-refractivity contribution in [3.8, 4) is 17.1 Å². The number of hydrogen-bond acceptors (Lipinski definition) is 4. The van der Waals surface area contributed by atoms with Crippen LogP contribution in [0.3, 0.4) is 0 Å². The minimum absolute atomic E-state index is 0.280. The maximum Gasteiger partial charge on any atom is 0.178 e. The zero-order valence-corrected chi connectivity index (χ0v) is 10.8. The first-order valence-electron chi connectivity index (χ1n) is 6.06. The van der Waals surface area contributed by atoms with Gasteiger partial charge in [0, 0.05) is 11.6 Å². The summed E-state index contributed by atoms with van der Waals surface area (Å²) in [5, 5.41) is 12.4. The van der Waals surface area contributed by atoms with Gasteiger partial charge in [0.2, 0.25) is 0 Å². The Balaban J connectivity index is 1.95. The molecule has 3 rings (SSSR count). The molecular formula is C14H12FN5. The summed E-state index contributed by atoms with van der Waals surface area (Å²) in [5.41, 5.74) is 8.11. The molecule has 0 radical (unpaired) electrons. The highest BCUT2D eigenvalue weighted by molar-refractivity contribution is 5.58. The van der Waals surface area contributed by atoms with Crippen LogP contribution in [-0.2, 0) is 0 Å². The Morgan fingerprint density at radius 2 is 1.80 bits per heavy atom. The normalized spacial score (nSPS) is 10.7. The maximum atomic E-state index is 12.9. The van der Waals surface area contributed by atoms with E-state index in [9.17, 15) is 4.39 Å². The molecule has 2 heterocycles. The van der Waals surface area contributed by atoms with Crippen molar-refractivity contribution in [2.24, 2.45) is 0 Å². The van der Waals surface area contributed by atoms with E-state index in [2.05, 4.69) is 15.3 Å². The molecule has 0 fully saturated rings. The van der Waals surface area contributed by atoms with Gasteiger partial charge < -0.3 is 5.73 Å². The van der Waals surface area contributed by atoms with Crippen LogP contribution in [0, 0.1) is 12.7 Å². The van der Waals surface area contributed by atoms with Gasteiger partial charge in [0.1, 0.15) is 11.6 Å². The lowest BCUT2D eigenvalue weighted by molar-refractivity contribution is 0.628. The second-order valence-corrected chi connectivity index (χ2v) is 4.41. The van der Waals surface area contributed by atoms with E-state index in [1.807, 2.05) is 6.92 Å². The van der Waals surface area contributed by atoms with Gasteiger partial charge in [0.15, 0.2) is 5.82 Å².